The van der Waals surface area contributed by atoms with Crippen molar-refractivity contribution < 1.29 is 4.79 Å². The van der Waals surface area contributed by atoms with E-state index in [0.717, 1.165) is 0 Å². The van der Waals surface area contributed by atoms with Gasteiger partial charge in [0, 0.05) is 0 Å². The Bertz CT molecular complexity index is 29.9. The number of hydrogen-bond acceptors (Lipinski definition) is 1. The zero-order chi connectivity index (χ0) is 3.58. The Hall–Kier alpha value is 0.540. The molecule has 0 spiro atoms. The van der Waals surface area contributed by atoms with E-state index in [1.807, 2.05) is 0 Å². The standard InChI is InChI=1S/C3H6O.In.3H/c1-3(2)4;;;;/h1-2H3;;;;. The van der Waals surface area contributed by atoms with Crippen LogP contribution in [0.1, 0.15) is 13.8 Å². The molecule has 5 heavy (non-hydrogen) atoms. The summed E-state index contributed by atoms with van der Waals surface area (Å²) in [4.78, 5) is 9.44. The van der Waals surface area contributed by atoms with Crippen LogP contribution in [0.15, 0.2) is 0 Å². The van der Waals surface area contributed by atoms with Gasteiger partial charge < -0.3 is 4.79 Å². The van der Waals surface area contributed by atoms with Crippen LogP contribution in [0.25, 0.3) is 0 Å². The van der Waals surface area contributed by atoms with Gasteiger partial charge in [-0.1, -0.05) is 0 Å². The predicted molar refractivity (Wildman–Crippen MR) is 26.3 cm³/mol. The molecule has 0 amide bonds. The average Bonchev–Trinajstić information content (AvgIpc) is 0.811. The summed E-state index contributed by atoms with van der Waals surface area (Å²) in [5, 5.41) is 0. The fourth-order valence-electron chi connectivity index (χ4n) is 0. The summed E-state index contributed by atoms with van der Waals surface area (Å²) in [5.74, 6) is 0.167. The topological polar surface area (TPSA) is 17.1 Å². The molecular weight excluding hydrogens is 167 g/mol. The SMILES string of the molecule is CC(C)=O.[InH3]. The molecule has 0 aliphatic rings. The van der Waals surface area contributed by atoms with Crippen molar-refractivity contribution in [1.29, 1.82) is 0 Å². The summed E-state index contributed by atoms with van der Waals surface area (Å²) < 4.78 is 0. The van der Waals surface area contributed by atoms with Crippen molar-refractivity contribution in [3.05, 3.63) is 0 Å². The molecule has 0 fully saturated rings. The first kappa shape index (κ1) is 9.11. The molecule has 0 unspecified atom stereocenters. The van der Waals surface area contributed by atoms with Gasteiger partial charge in [-0.15, -0.1) is 0 Å². The van der Waals surface area contributed by atoms with Crippen LogP contribution in [0.5, 0.6) is 0 Å². The number of carbonyl (C=O) groups is 1. The molecular formula is C3H9InO. The fraction of sp³-hybridized carbons (Fsp3) is 0.667. The second-order valence-corrected chi connectivity index (χ2v) is 0.908. The van der Waals surface area contributed by atoms with Gasteiger partial charge in [-0.05, 0) is 13.8 Å². The van der Waals surface area contributed by atoms with Crippen LogP contribution in [-0.4, -0.2) is 31.6 Å². The zero-order valence-electron chi connectivity index (χ0n) is 2.91. The van der Waals surface area contributed by atoms with Gasteiger partial charge in [0.25, 0.3) is 0 Å². The van der Waals surface area contributed by atoms with Crippen molar-refractivity contribution in [1.82, 2.24) is 0 Å². The Balaban J connectivity index is 0. The second kappa shape index (κ2) is 4.54. The Labute approximate surface area is 50.5 Å². The van der Waals surface area contributed by atoms with Crippen LogP contribution >= 0.6 is 0 Å². The maximum atomic E-state index is 9.44. The third kappa shape index (κ3) is 100. The van der Waals surface area contributed by atoms with Crippen molar-refractivity contribution in [3.8, 4) is 0 Å². The summed E-state index contributed by atoms with van der Waals surface area (Å²) >= 11 is 0. The number of ketones is 1. The van der Waals surface area contributed by atoms with Gasteiger partial charge in [0.1, 0.15) is 5.78 Å². The molecule has 0 aliphatic heterocycles. The van der Waals surface area contributed by atoms with E-state index in [2.05, 4.69) is 0 Å². The minimum atomic E-state index is 0. The molecule has 0 saturated heterocycles. The number of hydrogen-bond donors (Lipinski definition) is 0. The van der Waals surface area contributed by atoms with Gasteiger partial charge >= 0.3 is 25.8 Å². The summed E-state index contributed by atoms with van der Waals surface area (Å²) in [6.45, 7) is 3.06. The van der Waals surface area contributed by atoms with Crippen molar-refractivity contribution in [2.75, 3.05) is 0 Å². The van der Waals surface area contributed by atoms with Crippen LogP contribution in [0, 0.1) is 0 Å². The molecule has 0 N–H and O–H groups in total. The van der Waals surface area contributed by atoms with E-state index in [0.29, 0.717) is 0 Å². The van der Waals surface area contributed by atoms with E-state index in [-0.39, 0.29) is 31.6 Å². The number of carbonyl (C=O) groups excluding carboxylic acids is 1. The van der Waals surface area contributed by atoms with Crippen molar-refractivity contribution in [3.63, 3.8) is 0 Å². The quantitative estimate of drug-likeness (QED) is 0.482. The molecule has 0 aliphatic carbocycles. The van der Waals surface area contributed by atoms with Gasteiger partial charge in [0.15, 0.2) is 0 Å². The van der Waals surface area contributed by atoms with Gasteiger partial charge in [0.2, 0.25) is 0 Å². The first-order chi connectivity index (χ1) is 1.73. The molecule has 0 aromatic carbocycles. The first-order valence-electron chi connectivity index (χ1n) is 1.20. The van der Waals surface area contributed by atoms with Gasteiger partial charge in [-0.2, -0.15) is 0 Å². The van der Waals surface area contributed by atoms with Crippen molar-refractivity contribution >= 4 is 31.6 Å². The van der Waals surface area contributed by atoms with E-state index < -0.39 is 0 Å². The Morgan fingerprint density at radius 2 is 1.40 bits per heavy atom. The van der Waals surface area contributed by atoms with Crippen LogP contribution in [0.4, 0.5) is 0 Å². The monoisotopic (exact) mass is 176 g/mol. The minimum absolute atomic E-state index is 0. The molecule has 1 nitrogen and oxygen atoms in total. The summed E-state index contributed by atoms with van der Waals surface area (Å²) in [6.07, 6.45) is 0. The normalized spacial score (nSPS) is 5.20. The molecule has 30 valence electrons. The Kier molecular flexibility index (Phi) is 8.27. The molecule has 0 saturated carbocycles. The third-order valence-corrected chi connectivity index (χ3v) is 0. The predicted octanol–water partition coefficient (Wildman–Crippen LogP) is -0.589. The van der Waals surface area contributed by atoms with Gasteiger partial charge in [-0.25, -0.2) is 0 Å². The fourth-order valence-corrected chi connectivity index (χ4v) is 0. The molecule has 0 aromatic heterocycles. The van der Waals surface area contributed by atoms with Crippen LogP contribution in [0.2, 0.25) is 0 Å². The van der Waals surface area contributed by atoms with E-state index in [4.69, 9.17) is 0 Å². The Morgan fingerprint density at radius 3 is 1.40 bits per heavy atom. The average molecular weight is 176 g/mol. The molecule has 0 aromatic rings. The van der Waals surface area contributed by atoms with Gasteiger partial charge in [-0.3, -0.25) is 0 Å². The molecule has 0 heterocycles. The molecule has 2 heteroatoms. The van der Waals surface area contributed by atoms with Crippen LogP contribution in [0.3, 0.4) is 0 Å². The second-order valence-electron chi connectivity index (χ2n) is 0.908. The summed E-state index contributed by atoms with van der Waals surface area (Å²) in [7, 11) is 0. The number of Topliss-reactive ketones (excluding diaryl/α,β-unsaturated/α-hetero) is 1. The number of rotatable bonds is 0. The first-order valence-corrected chi connectivity index (χ1v) is 1.20. The molecule has 0 rings (SSSR count). The molecule has 0 atom stereocenters. The summed E-state index contributed by atoms with van der Waals surface area (Å²) in [5.41, 5.74) is 0. The zero-order valence-corrected chi connectivity index (χ0v) is 2.91. The van der Waals surface area contributed by atoms with E-state index >= 15 is 0 Å². The van der Waals surface area contributed by atoms with Crippen molar-refractivity contribution in [2.24, 2.45) is 0 Å². The maximum absolute atomic E-state index is 9.44. The van der Waals surface area contributed by atoms with Crippen LogP contribution in [-0.2, 0) is 4.79 Å². The van der Waals surface area contributed by atoms with E-state index in [1.54, 1.807) is 0 Å². The van der Waals surface area contributed by atoms with E-state index in [9.17, 15) is 4.79 Å². The van der Waals surface area contributed by atoms with E-state index in [1.165, 1.54) is 13.8 Å². The molecule has 0 bridgehead atoms. The Morgan fingerprint density at radius 1 is 1.40 bits per heavy atom. The van der Waals surface area contributed by atoms with Crippen LogP contribution < -0.4 is 0 Å². The third-order valence-electron chi connectivity index (χ3n) is 0. The van der Waals surface area contributed by atoms with Crippen molar-refractivity contribution in [2.45, 2.75) is 13.8 Å². The summed E-state index contributed by atoms with van der Waals surface area (Å²) in [6, 6.07) is 0. The van der Waals surface area contributed by atoms with Gasteiger partial charge in [0.05, 0.1) is 0 Å². The molecule has 0 radical (unpaired) electrons.